The SMILES string of the molecule is COc1ccc(CCNCCCC(=O)N(C)C)cc1. The summed E-state index contributed by atoms with van der Waals surface area (Å²) in [4.78, 5) is 13.0. The smallest absolute Gasteiger partial charge is 0.222 e. The normalized spacial score (nSPS) is 10.3. The van der Waals surface area contributed by atoms with Crippen LogP contribution in [0.15, 0.2) is 24.3 Å². The number of nitrogens with one attached hydrogen (secondary N) is 1. The van der Waals surface area contributed by atoms with Crippen LogP contribution in [-0.2, 0) is 11.2 Å². The largest absolute Gasteiger partial charge is 0.497 e. The van der Waals surface area contributed by atoms with E-state index in [-0.39, 0.29) is 5.91 Å². The van der Waals surface area contributed by atoms with Crippen LogP contribution in [0.3, 0.4) is 0 Å². The summed E-state index contributed by atoms with van der Waals surface area (Å²) in [6.07, 6.45) is 2.49. The first kappa shape index (κ1) is 15.5. The molecule has 0 saturated carbocycles. The molecule has 0 fully saturated rings. The van der Waals surface area contributed by atoms with E-state index in [9.17, 15) is 4.79 Å². The van der Waals surface area contributed by atoms with E-state index >= 15 is 0 Å². The van der Waals surface area contributed by atoms with E-state index in [0.717, 1.165) is 31.7 Å². The molecule has 0 bridgehead atoms. The lowest BCUT2D eigenvalue weighted by atomic mass is 10.1. The molecular formula is C15H24N2O2. The number of carbonyl (C=O) groups excluding carboxylic acids is 1. The monoisotopic (exact) mass is 264 g/mol. The summed E-state index contributed by atoms with van der Waals surface area (Å²) in [5.41, 5.74) is 1.29. The summed E-state index contributed by atoms with van der Waals surface area (Å²) in [6, 6.07) is 8.11. The molecule has 4 nitrogen and oxygen atoms in total. The van der Waals surface area contributed by atoms with Crippen molar-refractivity contribution in [3.05, 3.63) is 29.8 Å². The zero-order chi connectivity index (χ0) is 14.1. The zero-order valence-corrected chi connectivity index (χ0v) is 12.1. The number of rotatable bonds is 8. The molecule has 0 heterocycles. The maximum absolute atomic E-state index is 11.3. The fraction of sp³-hybridized carbons (Fsp3) is 0.533. The lowest BCUT2D eigenvalue weighted by Crippen LogP contribution is -2.24. The van der Waals surface area contributed by atoms with Crippen LogP contribution in [0.1, 0.15) is 18.4 Å². The van der Waals surface area contributed by atoms with Crippen LogP contribution in [-0.4, -0.2) is 45.1 Å². The van der Waals surface area contributed by atoms with Gasteiger partial charge in [0.2, 0.25) is 5.91 Å². The van der Waals surface area contributed by atoms with Gasteiger partial charge in [0, 0.05) is 20.5 Å². The topological polar surface area (TPSA) is 41.6 Å². The first-order chi connectivity index (χ1) is 9.13. The van der Waals surface area contributed by atoms with E-state index < -0.39 is 0 Å². The molecule has 0 aliphatic carbocycles. The number of hydrogen-bond acceptors (Lipinski definition) is 3. The molecule has 0 atom stereocenters. The third kappa shape index (κ3) is 6.25. The highest BCUT2D eigenvalue weighted by atomic mass is 16.5. The Hall–Kier alpha value is -1.55. The van der Waals surface area contributed by atoms with Crippen molar-refractivity contribution in [2.45, 2.75) is 19.3 Å². The first-order valence-electron chi connectivity index (χ1n) is 6.67. The summed E-state index contributed by atoms with van der Waals surface area (Å²) in [5, 5.41) is 3.35. The van der Waals surface area contributed by atoms with E-state index in [1.54, 1.807) is 26.1 Å². The standard InChI is InChI=1S/C15H24N2O2/c1-17(2)15(18)5-4-11-16-12-10-13-6-8-14(19-3)9-7-13/h6-9,16H,4-5,10-12H2,1-3H3. The van der Waals surface area contributed by atoms with Gasteiger partial charge in [-0.25, -0.2) is 0 Å². The van der Waals surface area contributed by atoms with Crippen LogP contribution in [0, 0.1) is 0 Å². The Kier molecular flexibility index (Phi) is 6.97. The lowest BCUT2D eigenvalue weighted by Gasteiger charge is -2.10. The highest BCUT2D eigenvalue weighted by Gasteiger charge is 2.02. The Morgan fingerprint density at radius 3 is 2.47 bits per heavy atom. The van der Waals surface area contributed by atoms with Gasteiger partial charge in [0.15, 0.2) is 0 Å². The van der Waals surface area contributed by atoms with Crippen LogP contribution in [0.4, 0.5) is 0 Å². The van der Waals surface area contributed by atoms with Crippen LogP contribution in [0.2, 0.25) is 0 Å². The Balaban J connectivity index is 2.08. The molecule has 0 unspecified atom stereocenters. The number of nitrogens with zero attached hydrogens (tertiary/aromatic N) is 1. The van der Waals surface area contributed by atoms with Crippen LogP contribution in [0.25, 0.3) is 0 Å². The molecule has 19 heavy (non-hydrogen) atoms. The van der Waals surface area contributed by atoms with E-state index in [1.165, 1.54) is 5.56 Å². The maximum atomic E-state index is 11.3. The quantitative estimate of drug-likeness (QED) is 0.727. The minimum absolute atomic E-state index is 0.192. The van der Waals surface area contributed by atoms with Crippen molar-refractivity contribution in [2.75, 3.05) is 34.3 Å². The van der Waals surface area contributed by atoms with E-state index in [2.05, 4.69) is 17.4 Å². The van der Waals surface area contributed by atoms with Gasteiger partial charge < -0.3 is 15.0 Å². The minimum Gasteiger partial charge on any atom is -0.497 e. The van der Waals surface area contributed by atoms with Gasteiger partial charge in [0.05, 0.1) is 7.11 Å². The molecule has 1 aromatic rings. The highest BCUT2D eigenvalue weighted by molar-refractivity contribution is 5.75. The fourth-order valence-electron chi connectivity index (χ4n) is 1.74. The van der Waals surface area contributed by atoms with Crippen molar-refractivity contribution in [1.82, 2.24) is 10.2 Å². The number of ether oxygens (including phenoxy) is 1. The van der Waals surface area contributed by atoms with Gasteiger partial charge in [-0.2, -0.15) is 0 Å². The molecule has 0 aliphatic heterocycles. The Labute approximate surface area is 115 Å². The molecular weight excluding hydrogens is 240 g/mol. The van der Waals surface area contributed by atoms with E-state index in [4.69, 9.17) is 4.74 Å². The maximum Gasteiger partial charge on any atom is 0.222 e. The summed E-state index contributed by atoms with van der Waals surface area (Å²) >= 11 is 0. The van der Waals surface area contributed by atoms with Gasteiger partial charge in [-0.1, -0.05) is 12.1 Å². The number of carbonyl (C=O) groups is 1. The molecule has 0 aliphatic rings. The number of methoxy groups -OCH3 is 1. The summed E-state index contributed by atoms with van der Waals surface area (Å²) in [6.45, 7) is 1.82. The second-order valence-corrected chi connectivity index (χ2v) is 4.74. The van der Waals surface area contributed by atoms with Crippen molar-refractivity contribution >= 4 is 5.91 Å². The Morgan fingerprint density at radius 2 is 1.89 bits per heavy atom. The molecule has 1 rings (SSSR count). The third-order valence-electron chi connectivity index (χ3n) is 2.99. The average molecular weight is 264 g/mol. The van der Waals surface area contributed by atoms with Crippen molar-refractivity contribution in [2.24, 2.45) is 0 Å². The van der Waals surface area contributed by atoms with Crippen molar-refractivity contribution in [3.63, 3.8) is 0 Å². The number of benzene rings is 1. The Morgan fingerprint density at radius 1 is 1.21 bits per heavy atom. The minimum atomic E-state index is 0.192. The molecule has 106 valence electrons. The van der Waals surface area contributed by atoms with E-state index in [1.807, 2.05) is 12.1 Å². The predicted octanol–water partition coefficient (Wildman–Crippen LogP) is 1.70. The molecule has 1 aromatic carbocycles. The van der Waals surface area contributed by atoms with Crippen molar-refractivity contribution in [1.29, 1.82) is 0 Å². The third-order valence-corrected chi connectivity index (χ3v) is 2.99. The van der Waals surface area contributed by atoms with Crippen molar-refractivity contribution < 1.29 is 9.53 Å². The average Bonchev–Trinajstić information content (AvgIpc) is 2.42. The van der Waals surface area contributed by atoms with Crippen molar-refractivity contribution in [3.8, 4) is 5.75 Å². The molecule has 1 amide bonds. The second-order valence-electron chi connectivity index (χ2n) is 4.74. The predicted molar refractivity (Wildman–Crippen MR) is 77.5 cm³/mol. The second kappa shape index (κ2) is 8.53. The lowest BCUT2D eigenvalue weighted by molar-refractivity contribution is -0.128. The summed E-state index contributed by atoms with van der Waals surface area (Å²) < 4.78 is 5.12. The van der Waals surface area contributed by atoms with E-state index in [0.29, 0.717) is 6.42 Å². The van der Waals surface area contributed by atoms with Gasteiger partial charge >= 0.3 is 0 Å². The molecule has 0 aromatic heterocycles. The van der Waals surface area contributed by atoms with Gasteiger partial charge in [0.25, 0.3) is 0 Å². The molecule has 0 radical (unpaired) electrons. The van der Waals surface area contributed by atoms with Gasteiger partial charge in [-0.3, -0.25) is 4.79 Å². The summed E-state index contributed by atoms with van der Waals surface area (Å²) in [5.74, 6) is 1.08. The summed E-state index contributed by atoms with van der Waals surface area (Å²) in [7, 11) is 5.25. The molecule has 0 saturated heterocycles. The van der Waals surface area contributed by atoms with Crippen LogP contribution >= 0.6 is 0 Å². The van der Waals surface area contributed by atoms with Gasteiger partial charge in [-0.15, -0.1) is 0 Å². The Bertz CT molecular complexity index is 374. The van der Waals surface area contributed by atoms with Crippen LogP contribution in [0.5, 0.6) is 5.75 Å². The highest BCUT2D eigenvalue weighted by Crippen LogP contribution is 2.11. The molecule has 1 N–H and O–H groups in total. The van der Waals surface area contributed by atoms with Gasteiger partial charge in [0.1, 0.15) is 5.75 Å². The number of hydrogen-bond donors (Lipinski definition) is 1. The first-order valence-corrected chi connectivity index (χ1v) is 6.67. The molecule has 0 spiro atoms. The molecule has 4 heteroatoms. The fourth-order valence-corrected chi connectivity index (χ4v) is 1.74. The number of amides is 1. The van der Waals surface area contributed by atoms with Gasteiger partial charge in [-0.05, 0) is 43.6 Å². The zero-order valence-electron chi connectivity index (χ0n) is 12.1. The van der Waals surface area contributed by atoms with Crippen LogP contribution < -0.4 is 10.1 Å².